The van der Waals surface area contributed by atoms with E-state index in [4.69, 9.17) is 9.52 Å². The maximum absolute atomic E-state index is 10.6. The molecule has 0 aliphatic carbocycles. The average molecular weight is 233 g/mol. The Morgan fingerprint density at radius 2 is 2.35 bits per heavy atom. The highest BCUT2D eigenvalue weighted by Gasteiger charge is 2.13. The van der Waals surface area contributed by atoms with Crippen molar-refractivity contribution in [3.63, 3.8) is 0 Å². The third-order valence-corrected chi connectivity index (χ3v) is 2.16. The molecule has 0 unspecified atom stereocenters. The van der Waals surface area contributed by atoms with Crippen LogP contribution in [0.25, 0.3) is 0 Å². The Labute approximate surface area is 97.5 Å². The zero-order chi connectivity index (χ0) is 12.3. The number of pyridine rings is 1. The number of carboxylic acids is 1. The summed E-state index contributed by atoms with van der Waals surface area (Å²) in [7, 11) is 1.76. The highest BCUT2D eigenvalue weighted by atomic mass is 16.4. The molecule has 0 fully saturated rings. The number of oxazole rings is 1. The van der Waals surface area contributed by atoms with Crippen molar-refractivity contribution >= 4 is 12.0 Å². The summed E-state index contributed by atoms with van der Waals surface area (Å²) in [5.41, 5.74) is 0.748. The van der Waals surface area contributed by atoms with Gasteiger partial charge in [0.1, 0.15) is 6.26 Å². The van der Waals surface area contributed by atoms with E-state index >= 15 is 0 Å². The van der Waals surface area contributed by atoms with Crippen LogP contribution in [0.4, 0.5) is 6.01 Å². The van der Waals surface area contributed by atoms with E-state index in [1.54, 1.807) is 18.1 Å². The molecule has 17 heavy (non-hydrogen) atoms. The standard InChI is InChI=1S/C11H11N3O3/c1-14(6-8-4-2-3-5-12-8)11-13-9(7-17-11)10(15)16/h2-5,7H,6H2,1H3,(H,15,16). The molecule has 6 nitrogen and oxygen atoms in total. The van der Waals surface area contributed by atoms with Gasteiger partial charge in [-0.3, -0.25) is 4.98 Å². The van der Waals surface area contributed by atoms with Gasteiger partial charge in [0.15, 0.2) is 5.69 Å². The Morgan fingerprint density at radius 3 is 2.94 bits per heavy atom. The summed E-state index contributed by atoms with van der Waals surface area (Å²) in [5, 5.41) is 8.72. The number of nitrogens with zero attached hydrogens (tertiary/aromatic N) is 3. The van der Waals surface area contributed by atoms with Crippen molar-refractivity contribution < 1.29 is 14.3 Å². The van der Waals surface area contributed by atoms with Crippen LogP contribution in [-0.2, 0) is 6.54 Å². The third kappa shape index (κ3) is 2.60. The topological polar surface area (TPSA) is 79.5 Å². The minimum absolute atomic E-state index is 0.104. The predicted octanol–water partition coefficient (Wildman–Crippen LogP) is 1.40. The molecule has 0 aliphatic heterocycles. The maximum atomic E-state index is 10.6. The molecule has 88 valence electrons. The lowest BCUT2D eigenvalue weighted by atomic mass is 10.3. The summed E-state index contributed by atoms with van der Waals surface area (Å²) in [6.07, 6.45) is 2.81. The largest absolute Gasteiger partial charge is 0.476 e. The monoisotopic (exact) mass is 233 g/mol. The van der Waals surface area contributed by atoms with E-state index in [0.717, 1.165) is 12.0 Å². The Balaban J connectivity index is 2.09. The van der Waals surface area contributed by atoms with Crippen LogP contribution in [0.15, 0.2) is 35.1 Å². The SMILES string of the molecule is CN(Cc1ccccn1)c1nc(C(=O)O)co1. The fourth-order valence-corrected chi connectivity index (χ4v) is 1.34. The molecule has 2 aromatic heterocycles. The Kier molecular flexibility index (Phi) is 3.04. The molecule has 0 spiro atoms. The Hall–Kier alpha value is -2.37. The average Bonchev–Trinajstić information content (AvgIpc) is 2.79. The van der Waals surface area contributed by atoms with Crippen molar-refractivity contribution in [3.8, 4) is 0 Å². The van der Waals surface area contributed by atoms with Crippen LogP contribution in [0.5, 0.6) is 0 Å². The molecule has 0 atom stereocenters. The van der Waals surface area contributed by atoms with E-state index in [9.17, 15) is 4.79 Å². The van der Waals surface area contributed by atoms with Crippen LogP contribution in [0, 0.1) is 0 Å². The summed E-state index contributed by atoms with van der Waals surface area (Å²) < 4.78 is 5.07. The molecular formula is C11H11N3O3. The number of anilines is 1. The first-order valence-corrected chi connectivity index (χ1v) is 4.96. The lowest BCUT2D eigenvalue weighted by molar-refractivity contribution is 0.0690. The normalized spacial score (nSPS) is 10.2. The van der Waals surface area contributed by atoms with Crippen molar-refractivity contribution in [1.82, 2.24) is 9.97 Å². The van der Waals surface area contributed by atoms with Crippen LogP contribution in [0.2, 0.25) is 0 Å². The van der Waals surface area contributed by atoms with E-state index in [1.165, 1.54) is 0 Å². The molecule has 2 heterocycles. The van der Waals surface area contributed by atoms with E-state index in [1.807, 2.05) is 18.2 Å². The molecule has 0 aromatic carbocycles. The van der Waals surface area contributed by atoms with Gasteiger partial charge in [-0.05, 0) is 12.1 Å². The molecule has 0 bridgehead atoms. The molecule has 2 rings (SSSR count). The van der Waals surface area contributed by atoms with Crippen LogP contribution in [0.1, 0.15) is 16.2 Å². The van der Waals surface area contributed by atoms with Gasteiger partial charge in [0.05, 0.1) is 12.2 Å². The van der Waals surface area contributed by atoms with Gasteiger partial charge in [0, 0.05) is 13.2 Å². The summed E-state index contributed by atoms with van der Waals surface area (Å²) in [6.45, 7) is 0.500. The first-order chi connectivity index (χ1) is 8.16. The molecule has 6 heteroatoms. The number of hydrogen-bond donors (Lipinski definition) is 1. The predicted molar refractivity (Wildman–Crippen MR) is 59.8 cm³/mol. The molecule has 0 saturated carbocycles. The minimum Gasteiger partial charge on any atom is -0.476 e. The van der Waals surface area contributed by atoms with Crippen LogP contribution < -0.4 is 4.90 Å². The van der Waals surface area contributed by atoms with Crippen molar-refractivity contribution in [2.45, 2.75) is 6.54 Å². The van der Waals surface area contributed by atoms with Gasteiger partial charge in [0.2, 0.25) is 0 Å². The van der Waals surface area contributed by atoms with E-state index < -0.39 is 5.97 Å². The summed E-state index contributed by atoms with van der Waals surface area (Å²) in [4.78, 5) is 20.3. The summed E-state index contributed by atoms with van der Waals surface area (Å²) in [5.74, 6) is -1.11. The second kappa shape index (κ2) is 4.65. The van der Waals surface area contributed by atoms with Crippen molar-refractivity contribution in [3.05, 3.63) is 42.0 Å². The molecule has 0 aliphatic rings. The molecule has 0 radical (unpaired) electrons. The van der Waals surface area contributed by atoms with Crippen molar-refractivity contribution in [2.75, 3.05) is 11.9 Å². The van der Waals surface area contributed by atoms with Gasteiger partial charge in [-0.15, -0.1) is 0 Å². The lowest BCUT2D eigenvalue weighted by Gasteiger charge is -2.13. The fourth-order valence-electron chi connectivity index (χ4n) is 1.34. The van der Waals surface area contributed by atoms with Crippen molar-refractivity contribution in [1.29, 1.82) is 0 Å². The molecular weight excluding hydrogens is 222 g/mol. The van der Waals surface area contributed by atoms with Gasteiger partial charge >= 0.3 is 5.97 Å². The van der Waals surface area contributed by atoms with Crippen LogP contribution in [0.3, 0.4) is 0 Å². The zero-order valence-corrected chi connectivity index (χ0v) is 9.20. The fraction of sp³-hybridized carbons (Fsp3) is 0.182. The highest BCUT2D eigenvalue weighted by Crippen LogP contribution is 2.13. The van der Waals surface area contributed by atoms with E-state index in [0.29, 0.717) is 6.54 Å². The van der Waals surface area contributed by atoms with Gasteiger partial charge in [-0.25, -0.2) is 4.79 Å². The Morgan fingerprint density at radius 1 is 1.53 bits per heavy atom. The van der Waals surface area contributed by atoms with Crippen molar-refractivity contribution in [2.24, 2.45) is 0 Å². The molecule has 0 saturated heterocycles. The minimum atomic E-state index is -1.11. The van der Waals surface area contributed by atoms with E-state index in [2.05, 4.69) is 9.97 Å². The second-order valence-corrected chi connectivity index (χ2v) is 3.50. The first-order valence-electron chi connectivity index (χ1n) is 4.96. The zero-order valence-electron chi connectivity index (χ0n) is 9.20. The van der Waals surface area contributed by atoms with Gasteiger partial charge in [0.25, 0.3) is 6.01 Å². The number of aromatic nitrogens is 2. The van der Waals surface area contributed by atoms with E-state index in [-0.39, 0.29) is 11.7 Å². The van der Waals surface area contributed by atoms with Gasteiger partial charge in [-0.1, -0.05) is 6.07 Å². The number of carboxylic acid groups (broad SMARTS) is 1. The van der Waals surface area contributed by atoms with Gasteiger partial charge < -0.3 is 14.4 Å². The summed E-state index contributed by atoms with van der Waals surface area (Å²) in [6, 6.07) is 5.84. The van der Waals surface area contributed by atoms with Crippen LogP contribution in [-0.4, -0.2) is 28.1 Å². The quantitative estimate of drug-likeness (QED) is 0.859. The van der Waals surface area contributed by atoms with Crippen LogP contribution >= 0.6 is 0 Å². The highest BCUT2D eigenvalue weighted by molar-refractivity contribution is 5.85. The summed E-state index contributed by atoms with van der Waals surface area (Å²) >= 11 is 0. The number of hydrogen-bond acceptors (Lipinski definition) is 5. The number of rotatable bonds is 4. The molecule has 1 N–H and O–H groups in total. The Bertz CT molecular complexity index is 510. The third-order valence-electron chi connectivity index (χ3n) is 2.16. The molecule has 2 aromatic rings. The number of aromatic carboxylic acids is 1. The second-order valence-electron chi connectivity index (χ2n) is 3.50. The first kappa shape index (κ1) is 11.1. The smallest absolute Gasteiger partial charge is 0.357 e. The lowest BCUT2D eigenvalue weighted by Crippen LogP contribution is -2.17. The number of carbonyl (C=O) groups is 1. The van der Waals surface area contributed by atoms with Gasteiger partial charge in [-0.2, -0.15) is 4.98 Å². The molecule has 0 amide bonds. The maximum Gasteiger partial charge on any atom is 0.357 e.